The largest absolute Gasteiger partial charge is 0.354 e. The van der Waals surface area contributed by atoms with Gasteiger partial charge in [0, 0.05) is 17.9 Å². The normalized spacial score (nSPS) is 12.0. The smallest absolute Gasteiger partial charge is 0.212 e. The summed E-state index contributed by atoms with van der Waals surface area (Å²) in [7, 11) is 0. The molecule has 0 aliphatic heterocycles. The second kappa shape index (κ2) is 7.46. The SMILES string of the molecule is CCOC(Nc1ccc(Cl)c(Cl)c1)C(=O)c1ccccc1. The summed E-state index contributed by atoms with van der Waals surface area (Å²) in [5, 5.41) is 3.91. The van der Waals surface area contributed by atoms with Crippen molar-refractivity contribution in [2.75, 3.05) is 11.9 Å². The van der Waals surface area contributed by atoms with Crippen molar-refractivity contribution in [3.8, 4) is 0 Å². The van der Waals surface area contributed by atoms with Crippen molar-refractivity contribution in [1.82, 2.24) is 0 Å². The molecule has 1 atom stereocenters. The number of halogens is 2. The number of carbonyl (C=O) groups excluding carboxylic acids is 1. The van der Waals surface area contributed by atoms with Crippen LogP contribution in [0.5, 0.6) is 0 Å². The number of benzene rings is 2. The number of carbonyl (C=O) groups is 1. The van der Waals surface area contributed by atoms with Gasteiger partial charge in [-0.1, -0.05) is 53.5 Å². The van der Waals surface area contributed by atoms with E-state index in [9.17, 15) is 4.79 Å². The van der Waals surface area contributed by atoms with Gasteiger partial charge in [-0.15, -0.1) is 0 Å². The van der Waals surface area contributed by atoms with Gasteiger partial charge in [0.15, 0.2) is 6.23 Å². The van der Waals surface area contributed by atoms with Crippen LogP contribution >= 0.6 is 23.2 Å². The first-order valence-corrected chi connectivity index (χ1v) is 7.30. The fourth-order valence-corrected chi connectivity index (χ4v) is 2.14. The van der Waals surface area contributed by atoms with Crippen molar-refractivity contribution in [1.29, 1.82) is 0 Å². The van der Waals surface area contributed by atoms with Crippen LogP contribution in [0.2, 0.25) is 10.0 Å². The molecule has 0 amide bonds. The molecule has 0 aromatic heterocycles. The number of ketones is 1. The maximum atomic E-state index is 12.4. The van der Waals surface area contributed by atoms with Crippen molar-refractivity contribution in [3.63, 3.8) is 0 Å². The zero-order valence-corrected chi connectivity index (χ0v) is 13.0. The van der Waals surface area contributed by atoms with Crippen LogP contribution in [-0.4, -0.2) is 18.6 Å². The third-order valence-electron chi connectivity index (χ3n) is 2.85. The summed E-state index contributed by atoms with van der Waals surface area (Å²) < 4.78 is 5.50. The van der Waals surface area contributed by atoms with Crippen LogP contribution in [0.4, 0.5) is 5.69 Å². The zero-order chi connectivity index (χ0) is 15.2. The number of nitrogens with one attached hydrogen (secondary N) is 1. The Morgan fingerprint density at radius 3 is 2.48 bits per heavy atom. The quantitative estimate of drug-likeness (QED) is 0.621. The van der Waals surface area contributed by atoms with Gasteiger partial charge in [0.2, 0.25) is 5.78 Å². The molecule has 2 aromatic carbocycles. The Morgan fingerprint density at radius 2 is 1.86 bits per heavy atom. The van der Waals surface area contributed by atoms with Crippen LogP contribution in [0.1, 0.15) is 17.3 Å². The minimum Gasteiger partial charge on any atom is -0.354 e. The van der Waals surface area contributed by atoms with Crippen LogP contribution in [-0.2, 0) is 4.74 Å². The Balaban J connectivity index is 2.19. The molecule has 21 heavy (non-hydrogen) atoms. The van der Waals surface area contributed by atoms with Crippen molar-refractivity contribution in [2.45, 2.75) is 13.2 Å². The van der Waals surface area contributed by atoms with Gasteiger partial charge in [0.25, 0.3) is 0 Å². The molecule has 0 saturated heterocycles. The molecular weight excluding hydrogens is 309 g/mol. The topological polar surface area (TPSA) is 38.3 Å². The third kappa shape index (κ3) is 4.21. The second-order valence-electron chi connectivity index (χ2n) is 4.34. The van der Waals surface area contributed by atoms with E-state index < -0.39 is 6.23 Å². The fourth-order valence-electron chi connectivity index (χ4n) is 1.84. The number of anilines is 1. The Kier molecular flexibility index (Phi) is 5.62. The minimum absolute atomic E-state index is 0.136. The number of Topliss-reactive ketones (excluding diaryl/α,β-unsaturated/α-hetero) is 1. The molecule has 0 spiro atoms. The molecule has 0 bridgehead atoms. The number of ether oxygens (including phenoxy) is 1. The van der Waals surface area contributed by atoms with Gasteiger partial charge in [-0.05, 0) is 25.1 Å². The predicted molar refractivity (Wildman–Crippen MR) is 86.3 cm³/mol. The van der Waals surface area contributed by atoms with Crippen molar-refractivity contribution >= 4 is 34.7 Å². The average Bonchev–Trinajstić information content (AvgIpc) is 2.50. The van der Waals surface area contributed by atoms with E-state index in [-0.39, 0.29) is 5.78 Å². The number of hydrogen-bond acceptors (Lipinski definition) is 3. The molecule has 0 heterocycles. The lowest BCUT2D eigenvalue weighted by Crippen LogP contribution is -2.32. The van der Waals surface area contributed by atoms with Crippen LogP contribution in [0.15, 0.2) is 48.5 Å². The van der Waals surface area contributed by atoms with E-state index in [1.165, 1.54) is 0 Å². The van der Waals surface area contributed by atoms with Gasteiger partial charge < -0.3 is 10.1 Å². The maximum Gasteiger partial charge on any atom is 0.212 e. The zero-order valence-electron chi connectivity index (χ0n) is 11.5. The van der Waals surface area contributed by atoms with E-state index in [4.69, 9.17) is 27.9 Å². The molecule has 0 fully saturated rings. The van der Waals surface area contributed by atoms with Crippen LogP contribution < -0.4 is 5.32 Å². The van der Waals surface area contributed by atoms with Crippen molar-refractivity contribution < 1.29 is 9.53 Å². The molecule has 0 radical (unpaired) electrons. The number of hydrogen-bond donors (Lipinski definition) is 1. The minimum atomic E-state index is -0.769. The molecule has 2 aromatic rings. The maximum absolute atomic E-state index is 12.4. The Morgan fingerprint density at radius 1 is 1.14 bits per heavy atom. The van der Waals surface area contributed by atoms with Crippen LogP contribution in [0, 0.1) is 0 Å². The highest BCUT2D eigenvalue weighted by Gasteiger charge is 2.20. The monoisotopic (exact) mass is 323 g/mol. The summed E-state index contributed by atoms with van der Waals surface area (Å²) in [6, 6.07) is 14.1. The number of rotatable bonds is 6. The molecule has 110 valence electrons. The van der Waals surface area contributed by atoms with E-state index in [0.717, 1.165) is 0 Å². The van der Waals surface area contributed by atoms with Gasteiger partial charge in [0.1, 0.15) is 0 Å². The van der Waals surface area contributed by atoms with E-state index in [2.05, 4.69) is 5.32 Å². The molecular formula is C16H15Cl2NO2. The highest BCUT2D eigenvalue weighted by atomic mass is 35.5. The summed E-state index contributed by atoms with van der Waals surface area (Å²) in [6.07, 6.45) is -0.769. The summed E-state index contributed by atoms with van der Waals surface area (Å²) in [5.41, 5.74) is 1.26. The van der Waals surface area contributed by atoms with E-state index in [0.29, 0.717) is 27.9 Å². The molecule has 5 heteroatoms. The first-order chi connectivity index (χ1) is 10.1. The van der Waals surface area contributed by atoms with Crippen LogP contribution in [0.3, 0.4) is 0 Å². The standard InChI is InChI=1S/C16H15Cl2NO2/c1-2-21-16(15(20)11-6-4-3-5-7-11)19-12-8-9-13(17)14(18)10-12/h3-10,16,19H,2H2,1H3. The summed E-state index contributed by atoms with van der Waals surface area (Å²) in [4.78, 5) is 12.4. The van der Waals surface area contributed by atoms with E-state index >= 15 is 0 Å². The Hall–Kier alpha value is -1.55. The van der Waals surface area contributed by atoms with Gasteiger partial charge in [-0.3, -0.25) is 4.79 Å². The van der Waals surface area contributed by atoms with Crippen molar-refractivity contribution in [3.05, 3.63) is 64.1 Å². The van der Waals surface area contributed by atoms with E-state index in [1.807, 2.05) is 25.1 Å². The average molecular weight is 324 g/mol. The van der Waals surface area contributed by atoms with Gasteiger partial charge in [0.05, 0.1) is 10.0 Å². The summed E-state index contributed by atoms with van der Waals surface area (Å²) >= 11 is 11.9. The summed E-state index contributed by atoms with van der Waals surface area (Å²) in [5.74, 6) is -0.136. The predicted octanol–water partition coefficient (Wildman–Crippen LogP) is 4.65. The van der Waals surface area contributed by atoms with Gasteiger partial charge in [-0.2, -0.15) is 0 Å². The Labute approximate surface area is 133 Å². The van der Waals surface area contributed by atoms with Crippen molar-refractivity contribution in [2.24, 2.45) is 0 Å². The molecule has 1 unspecified atom stereocenters. The fraction of sp³-hybridized carbons (Fsp3) is 0.188. The second-order valence-corrected chi connectivity index (χ2v) is 5.15. The molecule has 1 N–H and O–H groups in total. The first kappa shape index (κ1) is 15.8. The Bertz CT molecular complexity index is 617. The van der Waals surface area contributed by atoms with E-state index in [1.54, 1.807) is 30.3 Å². The first-order valence-electron chi connectivity index (χ1n) is 6.54. The highest BCUT2D eigenvalue weighted by Crippen LogP contribution is 2.25. The molecule has 0 aliphatic rings. The van der Waals surface area contributed by atoms with Gasteiger partial charge in [-0.25, -0.2) is 0 Å². The molecule has 3 nitrogen and oxygen atoms in total. The lowest BCUT2D eigenvalue weighted by molar-refractivity contribution is 0.0549. The molecule has 0 saturated carbocycles. The molecule has 2 rings (SSSR count). The highest BCUT2D eigenvalue weighted by molar-refractivity contribution is 6.42. The summed E-state index contributed by atoms with van der Waals surface area (Å²) in [6.45, 7) is 2.25. The third-order valence-corrected chi connectivity index (χ3v) is 3.59. The van der Waals surface area contributed by atoms with Crippen LogP contribution in [0.25, 0.3) is 0 Å². The van der Waals surface area contributed by atoms with Gasteiger partial charge >= 0.3 is 0 Å². The molecule has 0 aliphatic carbocycles. The lowest BCUT2D eigenvalue weighted by Gasteiger charge is -2.19. The lowest BCUT2D eigenvalue weighted by atomic mass is 10.1.